The first-order valence-corrected chi connectivity index (χ1v) is 8.71. The maximum atomic E-state index is 12.4. The van der Waals surface area contributed by atoms with E-state index in [0.29, 0.717) is 0 Å². The van der Waals surface area contributed by atoms with Crippen molar-refractivity contribution in [3.63, 3.8) is 0 Å². The van der Waals surface area contributed by atoms with E-state index in [0.717, 1.165) is 31.9 Å². The highest BCUT2D eigenvalue weighted by Gasteiger charge is 2.57. The monoisotopic (exact) mass is 305 g/mol. The lowest BCUT2D eigenvalue weighted by Gasteiger charge is -2.32. The molecule has 0 radical (unpaired) electrons. The third kappa shape index (κ3) is 3.63. The topological polar surface area (TPSA) is 72.9 Å². The average molecular weight is 305 g/mol. The highest BCUT2D eigenvalue weighted by Crippen LogP contribution is 2.52. The minimum atomic E-state index is -3.49. The van der Waals surface area contributed by atoms with Crippen molar-refractivity contribution < 1.29 is 22.1 Å². The second-order valence-electron chi connectivity index (χ2n) is 6.76. The Balaban J connectivity index is 2.07. The molecule has 1 aliphatic heterocycles. The summed E-state index contributed by atoms with van der Waals surface area (Å²) in [4.78, 5) is 14.1. The van der Waals surface area contributed by atoms with Crippen LogP contribution in [0.2, 0.25) is 0 Å². The Kier molecular flexibility index (Phi) is 3.79. The minimum absolute atomic E-state index is 0.0137. The fourth-order valence-electron chi connectivity index (χ4n) is 2.72. The van der Waals surface area contributed by atoms with Crippen LogP contribution in [0.1, 0.15) is 46.5 Å². The maximum Gasteiger partial charge on any atom is 0.411 e. The molecule has 2 aliphatic rings. The first-order valence-electron chi connectivity index (χ1n) is 6.89. The van der Waals surface area contributed by atoms with Crippen LogP contribution in [0.4, 0.5) is 4.79 Å². The van der Waals surface area contributed by atoms with E-state index in [9.17, 15) is 13.2 Å². The number of hydrogen-bond donors (Lipinski definition) is 0. The van der Waals surface area contributed by atoms with Crippen molar-refractivity contribution in [2.24, 2.45) is 0 Å². The largest absolute Gasteiger partial charge is 0.444 e. The molecule has 0 aromatic heterocycles. The Hall–Kier alpha value is -0.820. The van der Waals surface area contributed by atoms with Crippen LogP contribution in [0.5, 0.6) is 0 Å². The van der Waals surface area contributed by atoms with E-state index in [2.05, 4.69) is 0 Å². The molecule has 7 heteroatoms. The van der Waals surface area contributed by atoms with Gasteiger partial charge in [-0.05, 0) is 46.5 Å². The molecule has 0 unspecified atom stereocenters. The van der Waals surface area contributed by atoms with Crippen LogP contribution in [0.15, 0.2) is 0 Å². The first kappa shape index (κ1) is 15.6. The van der Waals surface area contributed by atoms with Crippen LogP contribution in [0.3, 0.4) is 0 Å². The van der Waals surface area contributed by atoms with Crippen molar-refractivity contribution >= 4 is 16.2 Å². The van der Waals surface area contributed by atoms with Crippen LogP contribution >= 0.6 is 0 Å². The molecule has 1 saturated carbocycles. The van der Waals surface area contributed by atoms with Crippen molar-refractivity contribution in [1.29, 1.82) is 0 Å². The molecule has 1 atom stereocenters. The molecule has 2 rings (SSSR count). The van der Waals surface area contributed by atoms with Crippen molar-refractivity contribution in [1.82, 2.24) is 4.90 Å². The molecule has 0 N–H and O–H groups in total. The number of nitrogens with zero attached hydrogens (tertiary/aromatic N) is 1. The van der Waals surface area contributed by atoms with Gasteiger partial charge in [0.25, 0.3) is 10.1 Å². The van der Waals surface area contributed by atoms with Crippen LogP contribution < -0.4 is 0 Å². The van der Waals surface area contributed by atoms with Gasteiger partial charge in [0.05, 0.1) is 18.9 Å². The molecule has 1 amide bonds. The van der Waals surface area contributed by atoms with E-state index in [-0.39, 0.29) is 24.3 Å². The predicted molar refractivity (Wildman–Crippen MR) is 73.9 cm³/mol. The maximum absolute atomic E-state index is 12.4. The molecule has 1 aliphatic carbocycles. The second kappa shape index (κ2) is 4.87. The van der Waals surface area contributed by atoms with Crippen molar-refractivity contribution in [2.75, 3.05) is 12.9 Å². The van der Waals surface area contributed by atoms with Crippen molar-refractivity contribution in [2.45, 2.75) is 63.6 Å². The highest BCUT2D eigenvalue weighted by atomic mass is 32.2. The lowest BCUT2D eigenvalue weighted by Crippen LogP contribution is -2.47. The number of carbonyl (C=O) groups excluding carboxylic acids is 1. The molecule has 2 fully saturated rings. The molecule has 0 aromatic rings. The summed E-state index contributed by atoms with van der Waals surface area (Å²) in [6.07, 6.45) is 4.23. The van der Waals surface area contributed by atoms with Crippen molar-refractivity contribution in [3.8, 4) is 0 Å². The van der Waals surface area contributed by atoms with Gasteiger partial charge < -0.3 is 4.74 Å². The van der Waals surface area contributed by atoms with E-state index >= 15 is 0 Å². The van der Waals surface area contributed by atoms with Crippen molar-refractivity contribution in [3.05, 3.63) is 0 Å². The molecular weight excluding hydrogens is 282 g/mol. The number of hydrogen-bond acceptors (Lipinski definition) is 5. The molecule has 0 bridgehead atoms. The Morgan fingerprint density at radius 3 is 2.35 bits per heavy atom. The smallest absolute Gasteiger partial charge is 0.411 e. The Morgan fingerprint density at radius 2 is 1.90 bits per heavy atom. The molecule has 116 valence electrons. The van der Waals surface area contributed by atoms with Gasteiger partial charge in [-0.3, -0.25) is 9.08 Å². The summed E-state index contributed by atoms with van der Waals surface area (Å²) in [7, 11) is -3.49. The zero-order chi connectivity index (χ0) is 15.2. The van der Waals surface area contributed by atoms with Gasteiger partial charge in [0, 0.05) is 5.54 Å². The molecule has 1 heterocycles. The molecule has 1 saturated heterocycles. The van der Waals surface area contributed by atoms with E-state index in [1.807, 2.05) is 20.8 Å². The van der Waals surface area contributed by atoms with Gasteiger partial charge in [0.1, 0.15) is 5.60 Å². The van der Waals surface area contributed by atoms with Crippen LogP contribution in [0, 0.1) is 0 Å². The molecular formula is C13H23NO5S. The average Bonchev–Trinajstić information content (AvgIpc) is 2.86. The van der Waals surface area contributed by atoms with Crippen LogP contribution in [-0.4, -0.2) is 49.5 Å². The van der Waals surface area contributed by atoms with Gasteiger partial charge >= 0.3 is 6.09 Å². The highest BCUT2D eigenvalue weighted by molar-refractivity contribution is 7.85. The molecule has 0 aromatic carbocycles. The number of carbonyl (C=O) groups is 1. The summed E-state index contributed by atoms with van der Waals surface area (Å²) in [6, 6.07) is -0.220. The minimum Gasteiger partial charge on any atom is -0.444 e. The normalized spacial score (nSPS) is 25.0. The number of likely N-dealkylation sites (tertiary alicyclic amines) is 1. The zero-order valence-electron chi connectivity index (χ0n) is 12.5. The van der Waals surface area contributed by atoms with Gasteiger partial charge in [-0.1, -0.05) is 0 Å². The first-order chi connectivity index (χ1) is 9.03. The Labute approximate surface area is 120 Å². The SMILES string of the molecule is CC(C)(C)OC(=O)N1[C@@H](COS(C)(=O)=O)CCC12CC2. The van der Waals surface area contributed by atoms with Crippen LogP contribution in [0.25, 0.3) is 0 Å². The van der Waals surface area contributed by atoms with E-state index in [1.54, 1.807) is 4.90 Å². The Morgan fingerprint density at radius 1 is 1.30 bits per heavy atom. The molecule has 20 heavy (non-hydrogen) atoms. The van der Waals surface area contributed by atoms with Gasteiger partial charge in [0.15, 0.2) is 0 Å². The van der Waals surface area contributed by atoms with E-state index in [4.69, 9.17) is 8.92 Å². The van der Waals surface area contributed by atoms with Gasteiger partial charge in [0.2, 0.25) is 0 Å². The standard InChI is InChI=1S/C13H23NO5S/c1-12(2,3)19-11(15)14-10(9-18-20(4,16)17)5-6-13(14)7-8-13/h10H,5-9H2,1-4H3/t10-/m1/s1. The van der Waals surface area contributed by atoms with Gasteiger partial charge in [-0.2, -0.15) is 8.42 Å². The third-order valence-electron chi connectivity index (χ3n) is 3.71. The summed E-state index contributed by atoms with van der Waals surface area (Å²) in [6.45, 7) is 5.48. The fraction of sp³-hybridized carbons (Fsp3) is 0.923. The summed E-state index contributed by atoms with van der Waals surface area (Å²) in [5.74, 6) is 0. The summed E-state index contributed by atoms with van der Waals surface area (Å²) in [5.41, 5.74) is -0.675. The molecule has 6 nitrogen and oxygen atoms in total. The van der Waals surface area contributed by atoms with Gasteiger partial charge in [-0.25, -0.2) is 4.79 Å². The fourth-order valence-corrected chi connectivity index (χ4v) is 3.13. The lowest BCUT2D eigenvalue weighted by atomic mass is 10.2. The molecule has 1 spiro atoms. The third-order valence-corrected chi connectivity index (χ3v) is 4.28. The quantitative estimate of drug-likeness (QED) is 0.745. The lowest BCUT2D eigenvalue weighted by molar-refractivity contribution is 0.00760. The zero-order valence-corrected chi connectivity index (χ0v) is 13.3. The number of ether oxygens (including phenoxy) is 1. The summed E-state index contributed by atoms with van der Waals surface area (Å²) < 4.78 is 32.5. The number of amides is 1. The van der Waals surface area contributed by atoms with Crippen LogP contribution in [-0.2, 0) is 19.0 Å². The predicted octanol–water partition coefficient (Wildman–Crippen LogP) is 1.89. The summed E-state index contributed by atoms with van der Waals surface area (Å²) in [5, 5.41) is 0. The van der Waals surface area contributed by atoms with Gasteiger partial charge in [-0.15, -0.1) is 0 Å². The summed E-state index contributed by atoms with van der Waals surface area (Å²) >= 11 is 0. The Bertz CT molecular complexity index is 489. The number of rotatable bonds is 3. The van der Waals surface area contributed by atoms with E-state index in [1.165, 1.54) is 0 Å². The van der Waals surface area contributed by atoms with E-state index < -0.39 is 15.7 Å². The second-order valence-corrected chi connectivity index (χ2v) is 8.40.